The molecule has 0 radical (unpaired) electrons. The Morgan fingerprint density at radius 2 is 1.71 bits per heavy atom. The van der Waals surface area contributed by atoms with Crippen molar-refractivity contribution in [2.45, 2.75) is 11.4 Å². The average Bonchev–Trinajstić information content (AvgIpc) is 2.30. The quantitative estimate of drug-likeness (QED) is 0.627. The summed E-state index contributed by atoms with van der Waals surface area (Å²) >= 11 is 0. The standard InChI is InChI=1S/C12H11ClO3S/c13-17(14,15)12(9-5-2-6-10-12)16-11-7-3-1-4-8-11/h1,3-10H,2H2. The number of ether oxygens (including phenoxy) is 1. The molecule has 0 atom stereocenters. The Labute approximate surface area is 105 Å². The summed E-state index contributed by atoms with van der Waals surface area (Å²) in [6, 6.07) is 8.71. The average molecular weight is 271 g/mol. The molecule has 0 amide bonds. The van der Waals surface area contributed by atoms with E-state index in [-0.39, 0.29) is 0 Å². The fraction of sp³-hybridized carbons (Fsp3) is 0.167. The molecular weight excluding hydrogens is 260 g/mol. The Morgan fingerprint density at radius 3 is 2.24 bits per heavy atom. The van der Waals surface area contributed by atoms with Gasteiger partial charge in [0.2, 0.25) is 0 Å². The summed E-state index contributed by atoms with van der Waals surface area (Å²) < 4.78 is 28.8. The van der Waals surface area contributed by atoms with Crippen LogP contribution in [0.1, 0.15) is 6.42 Å². The van der Waals surface area contributed by atoms with Gasteiger partial charge in [0.1, 0.15) is 5.75 Å². The molecule has 0 bridgehead atoms. The lowest BCUT2D eigenvalue weighted by Crippen LogP contribution is -2.38. The van der Waals surface area contributed by atoms with Crippen LogP contribution < -0.4 is 4.74 Å². The highest BCUT2D eigenvalue weighted by atomic mass is 35.7. The third-order valence-electron chi connectivity index (χ3n) is 2.37. The van der Waals surface area contributed by atoms with Crippen molar-refractivity contribution in [3.8, 4) is 5.75 Å². The van der Waals surface area contributed by atoms with Gasteiger partial charge in [0.15, 0.2) is 0 Å². The third kappa shape index (κ3) is 2.53. The maximum absolute atomic E-state index is 11.7. The summed E-state index contributed by atoms with van der Waals surface area (Å²) in [6.45, 7) is 0. The maximum Gasteiger partial charge on any atom is 0.281 e. The maximum atomic E-state index is 11.7. The van der Waals surface area contributed by atoms with E-state index in [9.17, 15) is 8.42 Å². The number of hydrogen-bond acceptors (Lipinski definition) is 3. The molecule has 5 heteroatoms. The van der Waals surface area contributed by atoms with Gasteiger partial charge >= 0.3 is 0 Å². The Bertz CT molecular complexity index is 534. The smallest absolute Gasteiger partial charge is 0.281 e. The fourth-order valence-corrected chi connectivity index (χ4v) is 2.67. The number of rotatable bonds is 3. The van der Waals surface area contributed by atoms with Crippen LogP contribution in [0.5, 0.6) is 5.75 Å². The highest BCUT2D eigenvalue weighted by Gasteiger charge is 2.41. The van der Waals surface area contributed by atoms with Crippen LogP contribution in [0.4, 0.5) is 0 Å². The molecule has 0 spiro atoms. The van der Waals surface area contributed by atoms with Crippen molar-refractivity contribution in [1.29, 1.82) is 0 Å². The van der Waals surface area contributed by atoms with Gasteiger partial charge in [-0.2, -0.15) is 0 Å². The van der Waals surface area contributed by atoms with E-state index >= 15 is 0 Å². The molecular formula is C12H11ClO3S. The molecule has 1 aromatic rings. The van der Waals surface area contributed by atoms with E-state index in [1.165, 1.54) is 12.2 Å². The Morgan fingerprint density at radius 1 is 1.12 bits per heavy atom. The van der Waals surface area contributed by atoms with Crippen molar-refractivity contribution in [3.63, 3.8) is 0 Å². The number of hydrogen-bond donors (Lipinski definition) is 0. The molecule has 1 aliphatic rings. The lowest BCUT2D eigenvalue weighted by molar-refractivity contribution is 0.250. The predicted octanol–water partition coefficient (Wildman–Crippen LogP) is 2.85. The third-order valence-corrected chi connectivity index (χ3v) is 4.22. The number of benzene rings is 1. The van der Waals surface area contributed by atoms with Crippen molar-refractivity contribution in [2.75, 3.05) is 0 Å². The minimum absolute atomic E-state index is 0.452. The molecule has 0 unspecified atom stereocenters. The van der Waals surface area contributed by atoms with Gasteiger partial charge in [-0.25, -0.2) is 8.42 Å². The first-order chi connectivity index (χ1) is 8.04. The molecule has 17 heavy (non-hydrogen) atoms. The highest BCUT2D eigenvalue weighted by molar-refractivity contribution is 8.15. The molecule has 0 heterocycles. The zero-order chi connectivity index (χ0) is 12.4. The van der Waals surface area contributed by atoms with Crippen LogP contribution in [0.25, 0.3) is 0 Å². The van der Waals surface area contributed by atoms with E-state index in [1.54, 1.807) is 36.4 Å². The van der Waals surface area contributed by atoms with Gasteiger partial charge in [-0.15, -0.1) is 0 Å². The van der Waals surface area contributed by atoms with E-state index in [0.29, 0.717) is 12.2 Å². The summed E-state index contributed by atoms with van der Waals surface area (Å²) in [4.78, 5) is -1.60. The second kappa shape index (κ2) is 4.55. The molecule has 0 fully saturated rings. The summed E-state index contributed by atoms with van der Waals surface area (Å²) in [6.07, 6.45) is 7.02. The van der Waals surface area contributed by atoms with Crippen LogP contribution >= 0.6 is 10.7 Å². The van der Waals surface area contributed by atoms with E-state index in [4.69, 9.17) is 15.4 Å². The molecule has 1 aromatic carbocycles. The molecule has 0 saturated heterocycles. The van der Waals surface area contributed by atoms with Gasteiger partial charge < -0.3 is 4.74 Å². The van der Waals surface area contributed by atoms with Gasteiger partial charge in [-0.1, -0.05) is 30.4 Å². The number of para-hydroxylation sites is 1. The summed E-state index contributed by atoms with van der Waals surface area (Å²) in [5.41, 5.74) is 0. The van der Waals surface area contributed by atoms with E-state index < -0.39 is 14.0 Å². The Hall–Kier alpha value is -1.26. The second-order valence-electron chi connectivity index (χ2n) is 3.61. The zero-order valence-electron chi connectivity index (χ0n) is 8.91. The van der Waals surface area contributed by atoms with Gasteiger partial charge in [-0.3, -0.25) is 0 Å². The minimum atomic E-state index is -3.91. The van der Waals surface area contributed by atoms with Gasteiger partial charge in [0.05, 0.1) is 0 Å². The number of halogens is 1. The first kappa shape index (κ1) is 12.2. The lowest BCUT2D eigenvalue weighted by Gasteiger charge is -2.26. The van der Waals surface area contributed by atoms with Crippen LogP contribution in [-0.4, -0.2) is 13.4 Å². The van der Waals surface area contributed by atoms with Gasteiger partial charge in [0.25, 0.3) is 14.0 Å². The second-order valence-corrected chi connectivity index (χ2v) is 6.35. The number of allylic oxidation sites excluding steroid dienone is 2. The van der Waals surface area contributed by atoms with Gasteiger partial charge in [0, 0.05) is 10.7 Å². The monoisotopic (exact) mass is 270 g/mol. The highest BCUT2D eigenvalue weighted by Crippen LogP contribution is 2.31. The van der Waals surface area contributed by atoms with Crippen LogP contribution in [0.15, 0.2) is 54.6 Å². The van der Waals surface area contributed by atoms with Crippen molar-refractivity contribution < 1.29 is 13.2 Å². The molecule has 2 rings (SSSR count). The van der Waals surface area contributed by atoms with E-state index in [2.05, 4.69) is 0 Å². The van der Waals surface area contributed by atoms with Crippen LogP contribution in [0, 0.1) is 0 Å². The largest absolute Gasteiger partial charge is 0.463 e. The topological polar surface area (TPSA) is 43.4 Å². The van der Waals surface area contributed by atoms with E-state index in [0.717, 1.165) is 0 Å². The Kier molecular flexibility index (Phi) is 3.26. The van der Waals surface area contributed by atoms with Crippen LogP contribution in [0.2, 0.25) is 0 Å². The minimum Gasteiger partial charge on any atom is -0.463 e. The normalized spacial score (nSPS) is 17.9. The van der Waals surface area contributed by atoms with E-state index in [1.807, 2.05) is 6.07 Å². The lowest BCUT2D eigenvalue weighted by atomic mass is 10.1. The molecule has 3 nitrogen and oxygen atoms in total. The predicted molar refractivity (Wildman–Crippen MR) is 67.5 cm³/mol. The van der Waals surface area contributed by atoms with Crippen molar-refractivity contribution in [3.05, 3.63) is 54.6 Å². The summed E-state index contributed by atoms with van der Waals surface area (Å²) in [7, 11) is 1.55. The van der Waals surface area contributed by atoms with Crippen LogP contribution in [0.3, 0.4) is 0 Å². The Balaban J connectivity index is 2.40. The van der Waals surface area contributed by atoms with Crippen LogP contribution in [-0.2, 0) is 9.05 Å². The SMILES string of the molecule is O=S(=O)(Cl)C1(Oc2ccccc2)C=CCC=C1. The van der Waals surface area contributed by atoms with Crippen molar-refractivity contribution >= 4 is 19.7 Å². The molecule has 0 aromatic heterocycles. The fourth-order valence-electron chi connectivity index (χ4n) is 1.55. The first-order valence-electron chi connectivity index (χ1n) is 5.07. The molecule has 0 saturated carbocycles. The summed E-state index contributed by atoms with van der Waals surface area (Å²) in [5.74, 6) is 0.452. The van der Waals surface area contributed by atoms with Crippen molar-refractivity contribution in [1.82, 2.24) is 0 Å². The first-order valence-corrected chi connectivity index (χ1v) is 7.38. The van der Waals surface area contributed by atoms with Crippen molar-refractivity contribution in [2.24, 2.45) is 0 Å². The molecule has 1 aliphatic carbocycles. The molecule has 90 valence electrons. The zero-order valence-corrected chi connectivity index (χ0v) is 10.5. The van der Waals surface area contributed by atoms with Gasteiger partial charge in [-0.05, 0) is 30.7 Å². The summed E-state index contributed by atoms with van der Waals surface area (Å²) in [5, 5.41) is 0. The molecule has 0 aliphatic heterocycles. The molecule has 0 N–H and O–H groups in total.